The summed E-state index contributed by atoms with van der Waals surface area (Å²) in [5, 5.41) is 3.37. The maximum atomic E-state index is 13.2. The molecule has 2 aromatic carbocycles. The molecule has 30 heavy (non-hydrogen) atoms. The summed E-state index contributed by atoms with van der Waals surface area (Å²) in [6.45, 7) is 7.41. The molecule has 3 N–H and O–H groups in total. The van der Waals surface area contributed by atoms with Crippen molar-refractivity contribution in [3.63, 3.8) is 0 Å². The van der Waals surface area contributed by atoms with E-state index in [1.165, 1.54) is 6.07 Å². The smallest absolute Gasteiger partial charge is 0.145 e. The molecule has 0 aliphatic carbocycles. The quantitative estimate of drug-likeness (QED) is 0.471. The molecule has 0 saturated heterocycles. The van der Waals surface area contributed by atoms with Gasteiger partial charge in [-0.15, -0.1) is 0 Å². The molecule has 0 spiro atoms. The van der Waals surface area contributed by atoms with E-state index in [1.807, 2.05) is 69.3 Å². The summed E-state index contributed by atoms with van der Waals surface area (Å²) in [5.74, 6) is 1.22. The normalized spacial score (nSPS) is 10.9. The highest BCUT2D eigenvalue weighted by atomic mass is 19.1. The molecule has 1 heterocycles. The van der Waals surface area contributed by atoms with Crippen LogP contribution >= 0.6 is 0 Å². The molecular weight excluding hydrogens is 377 g/mol. The van der Waals surface area contributed by atoms with Crippen molar-refractivity contribution in [2.45, 2.75) is 33.7 Å². The molecule has 0 aliphatic rings. The van der Waals surface area contributed by atoms with Gasteiger partial charge in [0.15, 0.2) is 0 Å². The minimum absolute atomic E-state index is 0.191. The van der Waals surface area contributed by atoms with Gasteiger partial charge in [0.25, 0.3) is 0 Å². The molecular formula is C25H30FN3O. The summed E-state index contributed by atoms with van der Waals surface area (Å²) in [6.07, 6.45) is 4.26. The minimum atomic E-state index is -0.191. The first-order chi connectivity index (χ1) is 14.6. The highest BCUT2D eigenvalue weighted by Crippen LogP contribution is 2.21. The number of hydrogen-bond donors (Lipinski definition) is 2. The van der Waals surface area contributed by atoms with E-state index in [2.05, 4.69) is 10.3 Å². The second-order valence-electron chi connectivity index (χ2n) is 6.43. The van der Waals surface area contributed by atoms with E-state index in [4.69, 9.17) is 10.5 Å². The molecule has 5 heteroatoms. The van der Waals surface area contributed by atoms with Crippen molar-refractivity contribution in [2.24, 2.45) is 5.73 Å². The first-order valence-electron chi connectivity index (χ1n) is 10.2. The van der Waals surface area contributed by atoms with Crippen molar-refractivity contribution < 1.29 is 9.13 Å². The van der Waals surface area contributed by atoms with Crippen molar-refractivity contribution in [3.8, 4) is 11.5 Å². The third-order valence-electron chi connectivity index (χ3n) is 4.31. The first kappa shape index (κ1) is 23.1. The van der Waals surface area contributed by atoms with Gasteiger partial charge in [0.05, 0.1) is 17.6 Å². The number of pyridine rings is 1. The van der Waals surface area contributed by atoms with Gasteiger partial charge in [0, 0.05) is 6.54 Å². The predicted octanol–water partition coefficient (Wildman–Crippen LogP) is 5.69. The SMILES string of the molecule is CC.CC=C(N)c1ccc(Oc2ccc(CNCCc3cccc(F)c3)cc2)cn1. The summed E-state index contributed by atoms with van der Waals surface area (Å²) in [5.41, 5.74) is 9.36. The topological polar surface area (TPSA) is 60.2 Å². The molecule has 3 aromatic rings. The fourth-order valence-corrected chi connectivity index (χ4v) is 2.73. The van der Waals surface area contributed by atoms with Crippen LogP contribution < -0.4 is 15.8 Å². The molecule has 0 unspecified atom stereocenters. The summed E-state index contributed by atoms with van der Waals surface area (Å²) < 4.78 is 19.0. The Kier molecular flexibility index (Phi) is 9.55. The Labute approximate surface area is 178 Å². The van der Waals surface area contributed by atoms with Crippen LogP contribution in [-0.4, -0.2) is 11.5 Å². The van der Waals surface area contributed by atoms with Crippen LogP contribution in [0.4, 0.5) is 4.39 Å². The van der Waals surface area contributed by atoms with Crippen LogP contribution in [0.25, 0.3) is 5.70 Å². The fourth-order valence-electron chi connectivity index (χ4n) is 2.73. The van der Waals surface area contributed by atoms with E-state index in [0.29, 0.717) is 11.4 Å². The molecule has 158 valence electrons. The van der Waals surface area contributed by atoms with Crippen molar-refractivity contribution in [1.82, 2.24) is 10.3 Å². The van der Waals surface area contributed by atoms with Crippen LogP contribution in [0.15, 0.2) is 72.9 Å². The second kappa shape index (κ2) is 12.4. The fraction of sp³-hybridized carbons (Fsp3) is 0.240. The number of nitrogens with two attached hydrogens (primary N) is 1. The predicted molar refractivity (Wildman–Crippen MR) is 122 cm³/mol. The van der Waals surface area contributed by atoms with Gasteiger partial charge < -0.3 is 15.8 Å². The summed E-state index contributed by atoms with van der Waals surface area (Å²) >= 11 is 0. The van der Waals surface area contributed by atoms with E-state index in [0.717, 1.165) is 42.1 Å². The van der Waals surface area contributed by atoms with E-state index in [1.54, 1.807) is 18.3 Å². The zero-order valence-electron chi connectivity index (χ0n) is 17.9. The molecule has 0 bridgehead atoms. The third-order valence-corrected chi connectivity index (χ3v) is 4.31. The van der Waals surface area contributed by atoms with Gasteiger partial charge in [-0.1, -0.05) is 44.2 Å². The first-order valence-corrected chi connectivity index (χ1v) is 10.2. The highest BCUT2D eigenvalue weighted by molar-refractivity contribution is 5.59. The zero-order chi connectivity index (χ0) is 21.8. The molecule has 0 saturated carbocycles. The lowest BCUT2D eigenvalue weighted by Crippen LogP contribution is -2.16. The summed E-state index contributed by atoms with van der Waals surface area (Å²) in [4.78, 5) is 4.29. The van der Waals surface area contributed by atoms with Gasteiger partial charge in [-0.3, -0.25) is 4.98 Å². The Morgan fingerprint density at radius 2 is 1.77 bits per heavy atom. The average molecular weight is 408 g/mol. The molecule has 3 rings (SSSR count). The number of rotatable bonds is 8. The van der Waals surface area contributed by atoms with Crippen LogP contribution in [0.2, 0.25) is 0 Å². The number of ether oxygens (including phenoxy) is 1. The maximum Gasteiger partial charge on any atom is 0.145 e. The Bertz CT molecular complexity index is 922. The number of hydrogen-bond acceptors (Lipinski definition) is 4. The zero-order valence-corrected chi connectivity index (χ0v) is 17.9. The van der Waals surface area contributed by atoms with Gasteiger partial charge in [0.2, 0.25) is 0 Å². The number of nitrogens with zero attached hydrogens (tertiary/aromatic N) is 1. The average Bonchev–Trinajstić information content (AvgIpc) is 2.79. The molecule has 0 amide bonds. The molecule has 0 radical (unpaired) electrons. The lowest BCUT2D eigenvalue weighted by atomic mass is 10.1. The number of benzene rings is 2. The largest absolute Gasteiger partial charge is 0.456 e. The standard InChI is InChI=1S/C23H24FN3O.C2H6/c1-2-22(25)23-11-10-21(16-27-23)28-20-8-6-18(7-9-20)15-26-13-12-17-4-3-5-19(24)14-17;1-2/h2-11,14,16,26H,12-13,15,25H2,1H3;1-2H3. The molecule has 0 aliphatic heterocycles. The maximum absolute atomic E-state index is 13.2. The second-order valence-corrected chi connectivity index (χ2v) is 6.43. The lowest BCUT2D eigenvalue weighted by Gasteiger charge is -2.08. The third kappa shape index (κ3) is 7.33. The minimum Gasteiger partial charge on any atom is -0.456 e. The van der Waals surface area contributed by atoms with Gasteiger partial charge in [-0.25, -0.2) is 4.39 Å². The Morgan fingerprint density at radius 3 is 2.40 bits per heavy atom. The van der Waals surface area contributed by atoms with Crippen LogP contribution in [0.5, 0.6) is 11.5 Å². The Balaban J connectivity index is 0.00000155. The Morgan fingerprint density at radius 1 is 1.03 bits per heavy atom. The van der Waals surface area contributed by atoms with Gasteiger partial charge in [0.1, 0.15) is 17.3 Å². The number of nitrogens with one attached hydrogen (secondary N) is 1. The van der Waals surface area contributed by atoms with Crippen molar-refractivity contribution in [3.05, 3.63) is 95.6 Å². The van der Waals surface area contributed by atoms with Crippen molar-refractivity contribution in [1.29, 1.82) is 0 Å². The summed E-state index contributed by atoms with van der Waals surface area (Å²) in [7, 11) is 0. The van der Waals surface area contributed by atoms with E-state index in [-0.39, 0.29) is 5.82 Å². The highest BCUT2D eigenvalue weighted by Gasteiger charge is 2.02. The number of aromatic nitrogens is 1. The van der Waals surface area contributed by atoms with Crippen LogP contribution in [0, 0.1) is 5.82 Å². The van der Waals surface area contributed by atoms with E-state index >= 15 is 0 Å². The van der Waals surface area contributed by atoms with Crippen LogP contribution in [0.3, 0.4) is 0 Å². The van der Waals surface area contributed by atoms with E-state index < -0.39 is 0 Å². The van der Waals surface area contributed by atoms with Crippen molar-refractivity contribution >= 4 is 5.70 Å². The molecule has 4 nitrogen and oxygen atoms in total. The molecule has 0 atom stereocenters. The van der Waals surface area contributed by atoms with Gasteiger partial charge in [-0.05, 0) is 67.4 Å². The van der Waals surface area contributed by atoms with Gasteiger partial charge in [-0.2, -0.15) is 0 Å². The number of halogens is 1. The van der Waals surface area contributed by atoms with Crippen LogP contribution in [0.1, 0.15) is 37.6 Å². The molecule has 0 fully saturated rings. The number of allylic oxidation sites excluding steroid dienone is 1. The monoisotopic (exact) mass is 407 g/mol. The Hall–Kier alpha value is -3.18. The van der Waals surface area contributed by atoms with E-state index in [9.17, 15) is 4.39 Å². The molecule has 1 aromatic heterocycles. The van der Waals surface area contributed by atoms with Crippen molar-refractivity contribution in [2.75, 3.05) is 6.54 Å². The van der Waals surface area contributed by atoms with Gasteiger partial charge >= 0.3 is 0 Å². The lowest BCUT2D eigenvalue weighted by molar-refractivity contribution is 0.480. The summed E-state index contributed by atoms with van der Waals surface area (Å²) in [6, 6.07) is 18.3. The van der Waals surface area contributed by atoms with Crippen LogP contribution in [-0.2, 0) is 13.0 Å².